The molecule has 0 saturated carbocycles. The smallest absolute Gasteiger partial charge is 0.198 e. The first-order valence-electron chi connectivity index (χ1n) is 8.76. The van der Waals surface area contributed by atoms with Crippen molar-refractivity contribution in [2.24, 2.45) is 5.92 Å². The number of allylic oxidation sites excluding steroid dienone is 4. The van der Waals surface area contributed by atoms with Gasteiger partial charge in [-0.25, -0.2) is 0 Å². The highest BCUT2D eigenvalue weighted by Gasteiger charge is 2.32. The summed E-state index contributed by atoms with van der Waals surface area (Å²) in [6, 6.07) is 19.5. The van der Waals surface area contributed by atoms with Gasteiger partial charge in [-0.15, -0.1) is 0 Å². The summed E-state index contributed by atoms with van der Waals surface area (Å²) in [5.41, 5.74) is 7.14. The molecule has 24 heavy (non-hydrogen) atoms. The maximum atomic E-state index is 3.93. The molecule has 2 heteroatoms. The minimum atomic E-state index is -1.52. The van der Waals surface area contributed by atoms with E-state index in [0.717, 1.165) is 0 Å². The van der Waals surface area contributed by atoms with Gasteiger partial charge in [-0.3, -0.25) is 0 Å². The number of hydrogen-bond donors (Lipinski definition) is 1. The number of aryl methyl sites for hydroxylation is 1. The fraction of sp³-hybridized carbons (Fsp3) is 0.273. The van der Waals surface area contributed by atoms with Crippen LogP contribution in [-0.2, 0) is 0 Å². The zero-order chi connectivity index (χ0) is 17.3. The summed E-state index contributed by atoms with van der Waals surface area (Å²) >= 11 is 0. The van der Waals surface area contributed by atoms with Gasteiger partial charge in [0.15, 0.2) is 8.96 Å². The van der Waals surface area contributed by atoms with E-state index in [-0.39, 0.29) is 0 Å². The third kappa shape index (κ3) is 2.99. The lowest BCUT2D eigenvalue weighted by Gasteiger charge is -2.26. The van der Waals surface area contributed by atoms with Gasteiger partial charge in [-0.05, 0) is 67.3 Å². The summed E-state index contributed by atoms with van der Waals surface area (Å²) in [5.74, 6) is 0.539. The van der Waals surface area contributed by atoms with Gasteiger partial charge in [-0.2, -0.15) is 0 Å². The van der Waals surface area contributed by atoms with E-state index < -0.39 is 8.96 Å². The molecule has 1 aliphatic carbocycles. The fourth-order valence-electron chi connectivity index (χ4n) is 3.80. The Balaban J connectivity index is 2.09. The Labute approximate surface area is 147 Å². The molecular formula is C22H27NSi. The van der Waals surface area contributed by atoms with Crippen LogP contribution in [0.5, 0.6) is 0 Å². The molecule has 0 bridgehead atoms. The van der Waals surface area contributed by atoms with Gasteiger partial charge in [0, 0.05) is 5.69 Å². The summed E-state index contributed by atoms with van der Waals surface area (Å²) < 4.78 is 0. The SMILES string of the molecule is CC1=C(C)C(C)C([SiH](Nc2ccccc2)c2ccccc2C)=C1C. The van der Waals surface area contributed by atoms with E-state index in [1.807, 2.05) is 0 Å². The molecule has 1 aliphatic rings. The molecule has 1 nitrogen and oxygen atoms in total. The highest BCUT2D eigenvalue weighted by Crippen LogP contribution is 2.38. The van der Waals surface area contributed by atoms with Crippen molar-refractivity contribution in [1.29, 1.82) is 0 Å². The number of benzene rings is 2. The van der Waals surface area contributed by atoms with Crippen LogP contribution in [0.4, 0.5) is 5.69 Å². The molecule has 124 valence electrons. The van der Waals surface area contributed by atoms with Gasteiger partial charge in [0.05, 0.1) is 0 Å². The molecule has 2 unspecified atom stereocenters. The van der Waals surface area contributed by atoms with E-state index in [2.05, 4.69) is 94.2 Å². The predicted octanol–water partition coefficient (Wildman–Crippen LogP) is 4.88. The quantitative estimate of drug-likeness (QED) is 0.786. The molecule has 0 radical (unpaired) electrons. The standard InChI is InChI=1S/C22H27NSi/c1-15-11-9-10-14-21(15)24(23-20-12-7-6-8-13-20)22-18(4)16(2)17(3)19(22)5/h6-14,18,23-24H,1-5H3. The van der Waals surface area contributed by atoms with Crippen LogP contribution in [0.1, 0.15) is 33.3 Å². The number of nitrogens with one attached hydrogen (secondary N) is 1. The molecule has 0 amide bonds. The number of anilines is 1. The first-order chi connectivity index (χ1) is 11.5. The lowest BCUT2D eigenvalue weighted by Crippen LogP contribution is -2.44. The van der Waals surface area contributed by atoms with Crippen LogP contribution < -0.4 is 10.2 Å². The van der Waals surface area contributed by atoms with Crippen molar-refractivity contribution in [3.63, 3.8) is 0 Å². The maximum Gasteiger partial charge on any atom is 0.198 e. The average Bonchev–Trinajstić information content (AvgIpc) is 2.78. The second-order valence-corrected chi connectivity index (χ2v) is 9.31. The third-order valence-electron chi connectivity index (χ3n) is 5.60. The first kappa shape index (κ1) is 16.8. The molecule has 2 atom stereocenters. The van der Waals surface area contributed by atoms with E-state index in [4.69, 9.17) is 0 Å². The third-order valence-corrected chi connectivity index (χ3v) is 9.05. The lowest BCUT2D eigenvalue weighted by atomic mass is 10.1. The van der Waals surface area contributed by atoms with Gasteiger partial charge < -0.3 is 4.98 Å². The predicted molar refractivity (Wildman–Crippen MR) is 108 cm³/mol. The summed E-state index contributed by atoms with van der Waals surface area (Å²) in [5, 5.41) is 3.15. The normalized spacial score (nSPS) is 19.0. The zero-order valence-electron chi connectivity index (χ0n) is 15.4. The Bertz CT molecular complexity index is 802. The topological polar surface area (TPSA) is 12.0 Å². The van der Waals surface area contributed by atoms with Gasteiger partial charge in [0.1, 0.15) is 0 Å². The second kappa shape index (κ2) is 6.82. The highest BCUT2D eigenvalue weighted by atomic mass is 28.3. The Hall–Kier alpha value is -2.06. The Morgan fingerprint density at radius 2 is 1.42 bits per heavy atom. The maximum absolute atomic E-state index is 3.93. The van der Waals surface area contributed by atoms with Gasteiger partial charge in [0.2, 0.25) is 0 Å². The summed E-state index contributed by atoms with van der Waals surface area (Å²) in [7, 11) is -1.52. The number of rotatable bonds is 4. The van der Waals surface area contributed by atoms with Crippen LogP contribution >= 0.6 is 0 Å². The summed E-state index contributed by atoms with van der Waals surface area (Å²) in [4.78, 5) is 3.93. The van der Waals surface area contributed by atoms with Crippen molar-refractivity contribution in [1.82, 2.24) is 0 Å². The van der Waals surface area contributed by atoms with Crippen LogP contribution in [0, 0.1) is 12.8 Å². The molecule has 0 spiro atoms. The summed E-state index contributed by atoms with van der Waals surface area (Å²) in [6.07, 6.45) is 0. The Morgan fingerprint density at radius 1 is 0.792 bits per heavy atom. The minimum Gasteiger partial charge on any atom is -0.406 e. The molecule has 0 fully saturated rings. The molecule has 1 N–H and O–H groups in total. The van der Waals surface area contributed by atoms with Crippen LogP contribution in [0.25, 0.3) is 0 Å². The molecule has 0 aromatic heterocycles. The van der Waals surface area contributed by atoms with Crippen molar-refractivity contribution in [3.8, 4) is 0 Å². The van der Waals surface area contributed by atoms with Crippen molar-refractivity contribution >= 4 is 19.8 Å². The van der Waals surface area contributed by atoms with Crippen molar-refractivity contribution in [2.45, 2.75) is 34.6 Å². The van der Waals surface area contributed by atoms with Gasteiger partial charge in [0.25, 0.3) is 0 Å². The van der Waals surface area contributed by atoms with E-state index in [1.165, 1.54) is 33.2 Å². The van der Waals surface area contributed by atoms with Crippen molar-refractivity contribution in [3.05, 3.63) is 82.1 Å². The van der Waals surface area contributed by atoms with E-state index in [1.54, 1.807) is 5.20 Å². The van der Waals surface area contributed by atoms with E-state index >= 15 is 0 Å². The fourth-order valence-corrected chi connectivity index (χ4v) is 7.22. The monoisotopic (exact) mass is 333 g/mol. The molecule has 0 saturated heterocycles. The van der Waals surface area contributed by atoms with Crippen LogP contribution in [0.2, 0.25) is 0 Å². The molecule has 3 rings (SSSR count). The van der Waals surface area contributed by atoms with Gasteiger partial charge in [-0.1, -0.05) is 60.5 Å². The minimum absolute atomic E-state index is 0.539. The van der Waals surface area contributed by atoms with Gasteiger partial charge >= 0.3 is 0 Å². The van der Waals surface area contributed by atoms with Crippen LogP contribution in [0.3, 0.4) is 0 Å². The van der Waals surface area contributed by atoms with Crippen molar-refractivity contribution < 1.29 is 0 Å². The lowest BCUT2D eigenvalue weighted by molar-refractivity contribution is 0.853. The molecule has 2 aromatic rings. The Kier molecular flexibility index (Phi) is 4.77. The molecule has 0 heterocycles. The van der Waals surface area contributed by atoms with Crippen molar-refractivity contribution in [2.75, 3.05) is 4.98 Å². The largest absolute Gasteiger partial charge is 0.406 e. The average molecular weight is 334 g/mol. The number of para-hydroxylation sites is 1. The first-order valence-corrected chi connectivity index (χ1v) is 10.5. The Morgan fingerprint density at radius 3 is 2.00 bits per heavy atom. The molecule has 0 aliphatic heterocycles. The number of hydrogen-bond acceptors (Lipinski definition) is 1. The molecular weight excluding hydrogens is 306 g/mol. The second-order valence-electron chi connectivity index (χ2n) is 6.91. The molecule has 2 aromatic carbocycles. The van der Waals surface area contributed by atoms with Crippen LogP contribution in [-0.4, -0.2) is 8.96 Å². The summed E-state index contributed by atoms with van der Waals surface area (Å²) in [6.45, 7) is 11.5. The van der Waals surface area contributed by atoms with E-state index in [0.29, 0.717) is 5.92 Å². The highest BCUT2D eigenvalue weighted by molar-refractivity contribution is 6.83. The van der Waals surface area contributed by atoms with E-state index in [9.17, 15) is 0 Å². The van der Waals surface area contributed by atoms with Crippen LogP contribution in [0.15, 0.2) is 76.5 Å². The zero-order valence-corrected chi connectivity index (χ0v) is 16.5.